The van der Waals surface area contributed by atoms with Crippen molar-refractivity contribution in [1.82, 2.24) is 0 Å². The van der Waals surface area contributed by atoms with Crippen LogP contribution in [0.25, 0.3) is 0 Å². The fraction of sp³-hybridized carbons (Fsp3) is 0.500. The van der Waals surface area contributed by atoms with E-state index < -0.39 is 24.6 Å². The summed E-state index contributed by atoms with van der Waals surface area (Å²) in [4.78, 5) is 0. The summed E-state index contributed by atoms with van der Waals surface area (Å²) in [6.07, 6.45) is -3.53. The second-order valence-corrected chi connectivity index (χ2v) is 4.21. The first kappa shape index (κ1) is 13.1. The van der Waals surface area contributed by atoms with Gasteiger partial charge in [-0.3, -0.25) is 0 Å². The summed E-state index contributed by atoms with van der Waals surface area (Å²) in [5, 5.41) is 37.4. The lowest BCUT2D eigenvalue weighted by molar-refractivity contribution is -0.240. The third-order valence-corrected chi connectivity index (χ3v) is 2.80. The van der Waals surface area contributed by atoms with Crippen LogP contribution >= 0.6 is 0 Å². The maximum Gasteiger partial charge on any atom is 0.226 e. The Morgan fingerprint density at radius 1 is 1.17 bits per heavy atom. The maximum atomic E-state index is 9.73. The first-order valence-corrected chi connectivity index (χ1v) is 5.68. The molecule has 1 heterocycles. The van der Waals surface area contributed by atoms with Crippen molar-refractivity contribution in [2.75, 3.05) is 6.61 Å². The van der Waals surface area contributed by atoms with Crippen molar-refractivity contribution in [3.63, 3.8) is 0 Å². The standard InChI is InChI=1S/C12H16O6/c13-6-11-9(15)5-10(16)12(18-11)17-8-3-1-7(14)2-4-8/h1-4,9-16H,5-6H2. The predicted octanol–water partition coefficient (Wildman–Crippen LogP) is -0.400. The molecule has 0 bridgehead atoms. The molecule has 6 nitrogen and oxygen atoms in total. The minimum Gasteiger partial charge on any atom is -0.508 e. The van der Waals surface area contributed by atoms with Gasteiger partial charge in [-0.25, -0.2) is 0 Å². The van der Waals surface area contributed by atoms with Gasteiger partial charge in [-0.1, -0.05) is 0 Å². The van der Waals surface area contributed by atoms with Crippen LogP contribution in [0.4, 0.5) is 0 Å². The number of aromatic hydroxyl groups is 1. The molecule has 1 aromatic rings. The monoisotopic (exact) mass is 256 g/mol. The molecule has 2 rings (SSSR count). The molecule has 4 unspecified atom stereocenters. The van der Waals surface area contributed by atoms with E-state index in [4.69, 9.17) is 19.7 Å². The molecule has 1 saturated heterocycles. The number of aliphatic hydroxyl groups is 3. The van der Waals surface area contributed by atoms with Gasteiger partial charge in [0.2, 0.25) is 6.29 Å². The zero-order valence-electron chi connectivity index (χ0n) is 9.64. The number of phenolic OH excluding ortho intramolecular Hbond substituents is 1. The fourth-order valence-corrected chi connectivity index (χ4v) is 1.79. The van der Waals surface area contributed by atoms with Gasteiger partial charge in [0.05, 0.1) is 12.7 Å². The Morgan fingerprint density at radius 3 is 2.44 bits per heavy atom. The minimum atomic E-state index is -0.975. The Balaban J connectivity index is 2.01. The molecular weight excluding hydrogens is 240 g/mol. The van der Waals surface area contributed by atoms with Crippen molar-refractivity contribution in [2.24, 2.45) is 0 Å². The Morgan fingerprint density at radius 2 is 1.83 bits per heavy atom. The first-order chi connectivity index (χ1) is 8.60. The molecule has 100 valence electrons. The third kappa shape index (κ3) is 2.91. The number of hydrogen-bond donors (Lipinski definition) is 4. The molecule has 0 aromatic heterocycles. The maximum absolute atomic E-state index is 9.73. The summed E-state index contributed by atoms with van der Waals surface area (Å²) in [5.74, 6) is 0.529. The molecule has 4 atom stereocenters. The van der Waals surface area contributed by atoms with Crippen molar-refractivity contribution in [1.29, 1.82) is 0 Å². The van der Waals surface area contributed by atoms with E-state index in [2.05, 4.69) is 0 Å². The zero-order valence-corrected chi connectivity index (χ0v) is 9.64. The number of phenols is 1. The van der Waals surface area contributed by atoms with E-state index in [1.165, 1.54) is 24.3 Å². The van der Waals surface area contributed by atoms with Gasteiger partial charge in [0.15, 0.2) is 0 Å². The van der Waals surface area contributed by atoms with E-state index in [0.29, 0.717) is 5.75 Å². The quantitative estimate of drug-likeness (QED) is 0.587. The number of ether oxygens (including phenoxy) is 2. The van der Waals surface area contributed by atoms with Crippen molar-refractivity contribution >= 4 is 0 Å². The lowest BCUT2D eigenvalue weighted by Gasteiger charge is -2.36. The van der Waals surface area contributed by atoms with Crippen molar-refractivity contribution in [3.05, 3.63) is 24.3 Å². The average Bonchev–Trinajstić information content (AvgIpc) is 2.35. The second-order valence-electron chi connectivity index (χ2n) is 4.21. The SMILES string of the molecule is OCC1OC(Oc2ccc(O)cc2)C(O)CC1O. The van der Waals surface area contributed by atoms with Gasteiger partial charge >= 0.3 is 0 Å². The van der Waals surface area contributed by atoms with Crippen LogP contribution in [0.15, 0.2) is 24.3 Å². The lowest BCUT2D eigenvalue weighted by atomic mass is 10.0. The molecule has 0 saturated carbocycles. The largest absolute Gasteiger partial charge is 0.508 e. The normalized spacial score (nSPS) is 32.2. The molecule has 1 aromatic carbocycles. The van der Waals surface area contributed by atoms with Crippen LogP contribution in [-0.4, -0.2) is 51.6 Å². The molecule has 0 amide bonds. The number of rotatable bonds is 3. The molecule has 1 fully saturated rings. The summed E-state index contributed by atoms with van der Waals surface area (Å²) < 4.78 is 10.7. The number of aliphatic hydroxyl groups excluding tert-OH is 3. The molecule has 0 radical (unpaired) electrons. The molecule has 0 spiro atoms. The average molecular weight is 256 g/mol. The van der Waals surface area contributed by atoms with E-state index >= 15 is 0 Å². The van der Waals surface area contributed by atoms with E-state index in [0.717, 1.165) is 0 Å². The number of hydrogen-bond acceptors (Lipinski definition) is 6. The van der Waals surface area contributed by atoms with Crippen molar-refractivity contribution in [3.8, 4) is 11.5 Å². The van der Waals surface area contributed by atoms with Gasteiger partial charge in [-0.15, -0.1) is 0 Å². The minimum absolute atomic E-state index is 0.0774. The van der Waals surface area contributed by atoms with Crippen molar-refractivity contribution in [2.45, 2.75) is 31.0 Å². The van der Waals surface area contributed by atoms with Gasteiger partial charge in [0.1, 0.15) is 23.7 Å². The van der Waals surface area contributed by atoms with Crippen LogP contribution in [0.3, 0.4) is 0 Å². The highest BCUT2D eigenvalue weighted by molar-refractivity contribution is 5.30. The van der Waals surface area contributed by atoms with Gasteiger partial charge in [-0.2, -0.15) is 0 Å². The zero-order chi connectivity index (χ0) is 13.1. The first-order valence-electron chi connectivity index (χ1n) is 5.68. The fourth-order valence-electron chi connectivity index (χ4n) is 1.79. The summed E-state index contributed by atoms with van der Waals surface area (Å²) in [5.41, 5.74) is 0. The van der Waals surface area contributed by atoms with Gasteiger partial charge in [0.25, 0.3) is 0 Å². The summed E-state index contributed by atoms with van der Waals surface area (Å²) >= 11 is 0. The Labute approximate surface area is 104 Å². The van der Waals surface area contributed by atoms with Gasteiger partial charge in [0, 0.05) is 6.42 Å². The molecule has 1 aliphatic heterocycles. The number of benzene rings is 1. The molecule has 6 heteroatoms. The smallest absolute Gasteiger partial charge is 0.226 e. The summed E-state index contributed by atoms with van der Waals surface area (Å²) in [6, 6.07) is 5.96. The lowest BCUT2D eigenvalue weighted by Crippen LogP contribution is -2.50. The molecular formula is C12H16O6. The van der Waals surface area contributed by atoms with E-state index in [9.17, 15) is 10.2 Å². The highest BCUT2D eigenvalue weighted by Gasteiger charge is 2.37. The van der Waals surface area contributed by atoms with Crippen LogP contribution in [0.2, 0.25) is 0 Å². The van der Waals surface area contributed by atoms with Gasteiger partial charge in [-0.05, 0) is 24.3 Å². The second kappa shape index (κ2) is 5.53. The molecule has 4 N–H and O–H groups in total. The molecule has 1 aliphatic rings. The Hall–Kier alpha value is -1.34. The van der Waals surface area contributed by atoms with Crippen molar-refractivity contribution < 1.29 is 29.9 Å². The van der Waals surface area contributed by atoms with Crippen LogP contribution in [0, 0.1) is 0 Å². The van der Waals surface area contributed by atoms with E-state index in [1.54, 1.807) is 0 Å². The summed E-state index contributed by atoms with van der Waals surface area (Å²) in [7, 11) is 0. The van der Waals surface area contributed by atoms with Crippen LogP contribution in [0.1, 0.15) is 6.42 Å². The highest BCUT2D eigenvalue weighted by atomic mass is 16.7. The molecule has 0 aliphatic carbocycles. The Bertz CT molecular complexity index is 379. The molecule has 18 heavy (non-hydrogen) atoms. The van der Waals surface area contributed by atoms with Crippen LogP contribution in [-0.2, 0) is 4.74 Å². The predicted molar refractivity (Wildman–Crippen MR) is 61.1 cm³/mol. The summed E-state index contributed by atoms with van der Waals surface area (Å²) in [6.45, 7) is -0.344. The topological polar surface area (TPSA) is 99.4 Å². The Kier molecular flexibility index (Phi) is 4.03. The van der Waals surface area contributed by atoms with Crippen LogP contribution in [0.5, 0.6) is 11.5 Å². The third-order valence-electron chi connectivity index (χ3n) is 2.80. The van der Waals surface area contributed by atoms with Crippen LogP contribution < -0.4 is 4.74 Å². The highest BCUT2D eigenvalue weighted by Crippen LogP contribution is 2.24. The van der Waals surface area contributed by atoms with Gasteiger partial charge < -0.3 is 29.9 Å². The van der Waals surface area contributed by atoms with E-state index in [-0.39, 0.29) is 18.8 Å². The van der Waals surface area contributed by atoms with E-state index in [1.807, 2.05) is 0 Å².